The summed E-state index contributed by atoms with van der Waals surface area (Å²) < 4.78 is 3.60. The Kier molecular flexibility index (Phi) is 3.91. The number of aromatic amines is 1. The van der Waals surface area contributed by atoms with Crippen molar-refractivity contribution in [1.29, 1.82) is 0 Å². The number of H-pyrrole nitrogens is 1. The fraction of sp³-hybridized carbons (Fsp3) is 0.200. The van der Waals surface area contributed by atoms with E-state index in [1.807, 2.05) is 41.3 Å². The largest absolute Gasteiger partial charge is 0.394 e. The van der Waals surface area contributed by atoms with Crippen LogP contribution >= 0.6 is 0 Å². The minimum atomic E-state index is 0.0533. The molecule has 1 atom stereocenters. The average molecular weight is 373 g/mol. The molecule has 8 heteroatoms. The Morgan fingerprint density at radius 2 is 2.07 bits per heavy atom. The second kappa shape index (κ2) is 6.58. The van der Waals surface area contributed by atoms with Crippen molar-refractivity contribution in [1.82, 2.24) is 34.6 Å². The standard InChI is InChI=1S/C20H19N7O/c1-13(14-2-3-17-15(8-14)9-22-24-17)19-11-21-20-5-4-18(25-27(19)20)16-10-23-26(12-16)6-7-28/h2-5,8-13,28H,6-7H2,1H3,(H,22,24)/t13-/m1/s1. The van der Waals surface area contributed by atoms with Crippen molar-refractivity contribution < 1.29 is 5.11 Å². The van der Waals surface area contributed by atoms with Gasteiger partial charge < -0.3 is 5.11 Å². The summed E-state index contributed by atoms with van der Waals surface area (Å²) in [4.78, 5) is 4.52. The van der Waals surface area contributed by atoms with Gasteiger partial charge in [-0.3, -0.25) is 9.78 Å². The van der Waals surface area contributed by atoms with Crippen LogP contribution in [-0.2, 0) is 6.54 Å². The Balaban J connectivity index is 1.55. The van der Waals surface area contributed by atoms with Crippen LogP contribution in [0.25, 0.3) is 27.8 Å². The highest BCUT2D eigenvalue weighted by Crippen LogP contribution is 2.27. The van der Waals surface area contributed by atoms with Gasteiger partial charge in [-0.15, -0.1) is 0 Å². The second-order valence-corrected chi connectivity index (χ2v) is 6.83. The number of benzene rings is 1. The third kappa shape index (κ3) is 2.74. The van der Waals surface area contributed by atoms with E-state index >= 15 is 0 Å². The van der Waals surface area contributed by atoms with E-state index in [1.54, 1.807) is 10.9 Å². The van der Waals surface area contributed by atoms with E-state index in [0.717, 1.165) is 33.5 Å². The first-order chi connectivity index (χ1) is 13.7. The molecule has 0 radical (unpaired) electrons. The van der Waals surface area contributed by atoms with Gasteiger partial charge in [-0.2, -0.15) is 15.3 Å². The van der Waals surface area contributed by atoms with Gasteiger partial charge in [0.15, 0.2) is 5.65 Å². The number of hydrogen-bond acceptors (Lipinski definition) is 5. The smallest absolute Gasteiger partial charge is 0.153 e. The van der Waals surface area contributed by atoms with Crippen LogP contribution in [0.15, 0.2) is 55.1 Å². The lowest BCUT2D eigenvalue weighted by Crippen LogP contribution is -2.04. The molecule has 0 bridgehead atoms. The Labute approximate surface area is 160 Å². The molecule has 0 spiro atoms. The van der Waals surface area contributed by atoms with Gasteiger partial charge in [-0.1, -0.05) is 13.0 Å². The monoisotopic (exact) mass is 373 g/mol. The molecule has 0 amide bonds. The van der Waals surface area contributed by atoms with Gasteiger partial charge in [0, 0.05) is 23.1 Å². The number of hydrogen-bond donors (Lipinski definition) is 2. The van der Waals surface area contributed by atoms with Gasteiger partial charge in [0.25, 0.3) is 0 Å². The summed E-state index contributed by atoms with van der Waals surface area (Å²) >= 11 is 0. The Morgan fingerprint density at radius 1 is 1.14 bits per heavy atom. The zero-order valence-electron chi connectivity index (χ0n) is 15.3. The highest BCUT2D eigenvalue weighted by molar-refractivity contribution is 5.78. The van der Waals surface area contributed by atoms with Crippen LogP contribution in [0.3, 0.4) is 0 Å². The number of nitrogens with zero attached hydrogens (tertiary/aromatic N) is 6. The quantitative estimate of drug-likeness (QED) is 0.494. The maximum absolute atomic E-state index is 9.08. The van der Waals surface area contributed by atoms with Crippen molar-refractivity contribution >= 4 is 16.6 Å². The summed E-state index contributed by atoms with van der Waals surface area (Å²) in [6.07, 6.45) is 7.36. The molecule has 0 aliphatic rings. The molecule has 0 aliphatic heterocycles. The summed E-state index contributed by atoms with van der Waals surface area (Å²) in [5.74, 6) is 0.120. The summed E-state index contributed by atoms with van der Waals surface area (Å²) in [5, 5.41) is 26.3. The molecule has 28 heavy (non-hydrogen) atoms. The summed E-state index contributed by atoms with van der Waals surface area (Å²) in [6.45, 7) is 2.67. The zero-order valence-corrected chi connectivity index (χ0v) is 15.3. The summed E-state index contributed by atoms with van der Waals surface area (Å²) in [7, 11) is 0. The molecule has 0 aliphatic carbocycles. The van der Waals surface area contributed by atoms with Crippen molar-refractivity contribution in [3.05, 3.63) is 66.4 Å². The number of aromatic nitrogens is 7. The van der Waals surface area contributed by atoms with Crippen LogP contribution < -0.4 is 0 Å². The van der Waals surface area contributed by atoms with E-state index in [4.69, 9.17) is 10.2 Å². The van der Waals surface area contributed by atoms with Gasteiger partial charge in [0.2, 0.25) is 0 Å². The first-order valence-corrected chi connectivity index (χ1v) is 9.14. The number of imidazole rings is 1. The predicted molar refractivity (Wildman–Crippen MR) is 105 cm³/mol. The minimum Gasteiger partial charge on any atom is -0.394 e. The van der Waals surface area contributed by atoms with Crippen LogP contribution in [0.4, 0.5) is 0 Å². The van der Waals surface area contributed by atoms with E-state index in [-0.39, 0.29) is 12.5 Å². The SMILES string of the molecule is C[C@H](c1ccc2[nH]ncc2c1)c1cnc2ccc(-c3cnn(CCO)c3)nn12. The molecule has 5 rings (SSSR count). The van der Waals surface area contributed by atoms with Crippen molar-refractivity contribution in [2.45, 2.75) is 19.4 Å². The van der Waals surface area contributed by atoms with E-state index < -0.39 is 0 Å². The Bertz CT molecular complexity index is 1270. The summed E-state index contributed by atoms with van der Waals surface area (Å²) in [5.41, 5.74) is 5.74. The van der Waals surface area contributed by atoms with Gasteiger partial charge in [0.05, 0.1) is 48.6 Å². The molecule has 0 fully saturated rings. The zero-order chi connectivity index (χ0) is 19.1. The highest BCUT2D eigenvalue weighted by Gasteiger charge is 2.16. The van der Waals surface area contributed by atoms with Gasteiger partial charge in [-0.25, -0.2) is 9.50 Å². The van der Waals surface area contributed by atoms with Gasteiger partial charge in [0.1, 0.15) is 0 Å². The van der Waals surface area contributed by atoms with Crippen molar-refractivity contribution in [3.63, 3.8) is 0 Å². The highest BCUT2D eigenvalue weighted by atomic mass is 16.3. The predicted octanol–water partition coefficient (Wildman–Crippen LogP) is 2.61. The second-order valence-electron chi connectivity index (χ2n) is 6.83. The maximum atomic E-state index is 9.08. The lowest BCUT2D eigenvalue weighted by atomic mass is 9.97. The van der Waals surface area contributed by atoms with Crippen LogP contribution in [0, 0.1) is 0 Å². The number of nitrogens with one attached hydrogen (secondary N) is 1. The molecule has 5 aromatic rings. The minimum absolute atomic E-state index is 0.0533. The van der Waals surface area contributed by atoms with Crippen molar-refractivity contribution in [2.75, 3.05) is 6.61 Å². The molecule has 8 nitrogen and oxygen atoms in total. The Hall–Kier alpha value is -3.52. The van der Waals surface area contributed by atoms with Crippen molar-refractivity contribution in [3.8, 4) is 11.3 Å². The molecule has 0 unspecified atom stereocenters. The van der Waals surface area contributed by atoms with E-state index in [9.17, 15) is 0 Å². The molecule has 140 valence electrons. The molecular formula is C20H19N7O. The van der Waals surface area contributed by atoms with Gasteiger partial charge >= 0.3 is 0 Å². The fourth-order valence-electron chi connectivity index (χ4n) is 3.46. The fourth-order valence-corrected chi connectivity index (χ4v) is 3.46. The number of fused-ring (bicyclic) bond motifs is 2. The van der Waals surface area contributed by atoms with Crippen LogP contribution in [0.5, 0.6) is 0 Å². The third-order valence-electron chi connectivity index (χ3n) is 5.05. The van der Waals surface area contributed by atoms with Crippen molar-refractivity contribution in [2.24, 2.45) is 0 Å². The lowest BCUT2D eigenvalue weighted by Gasteiger charge is -2.12. The van der Waals surface area contributed by atoms with Gasteiger partial charge in [-0.05, 0) is 29.8 Å². The topological polar surface area (TPSA) is 96.9 Å². The normalized spacial score (nSPS) is 12.8. The average Bonchev–Trinajstić information content (AvgIpc) is 3.45. The Morgan fingerprint density at radius 3 is 2.96 bits per heavy atom. The number of rotatable bonds is 5. The number of aliphatic hydroxyl groups excluding tert-OH is 1. The maximum Gasteiger partial charge on any atom is 0.153 e. The third-order valence-corrected chi connectivity index (χ3v) is 5.05. The van der Waals surface area contributed by atoms with Crippen LogP contribution in [0.2, 0.25) is 0 Å². The van der Waals surface area contributed by atoms with Crippen LogP contribution in [0.1, 0.15) is 24.1 Å². The molecular weight excluding hydrogens is 354 g/mol. The molecule has 4 heterocycles. The molecule has 2 N–H and O–H groups in total. The summed E-state index contributed by atoms with van der Waals surface area (Å²) in [6, 6.07) is 10.2. The molecule has 0 saturated carbocycles. The van der Waals surface area contributed by atoms with E-state index in [2.05, 4.69) is 39.3 Å². The van der Waals surface area contributed by atoms with E-state index in [1.165, 1.54) is 5.56 Å². The first kappa shape index (κ1) is 16.6. The van der Waals surface area contributed by atoms with Crippen LogP contribution in [-0.4, -0.2) is 46.3 Å². The van der Waals surface area contributed by atoms with E-state index in [0.29, 0.717) is 6.54 Å². The number of aliphatic hydroxyl groups is 1. The first-order valence-electron chi connectivity index (χ1n) is 9.14. The molecule has 0 saturated heterocycles. The molecule has 4 aromatic heterocycles. The lowest BCUT2D eigenvalue weighted by molar-refractivity contribution is 0.269. The molecule has 1 aromatic carbocycles.